The number of carbonyl (C=O) groups excluding carboxylic acids is 1. The highest BCUT2D eigenvalue weighted by Crippen LogP contribution is 2.54. The number of aromatic nitrogens is 2. The van der Waals surface area contributed by atoms with E-state index in [-0.39, 0.29) is 53.9 Å². The SMILES string of the molecule is COc1cc(CCC(O)C(C(=O)CCc2cc(O)c(O)c(OC)c2)C2(c3ccnc(N)c3)CCC(O)C2Cc2ccc[n-]2)ccc1O. The molecule has 0 bridgehead atoms. The van der Waals surface area contributed by atoms with Crippen LogP contribution in [0.5, 0.6) is 28.7 Å². The van der Waals surface area contributed by atoms with Crippen LogP contribution in [-0.4, -0.2) is 62.7 Å². The number of phenolic OH excluding ortho intramolecular Hbond substituents is 3. The molecule has 250 valence electrons. The predicted octanol–water partition coefficient (Wildman–Crippen LogP) is 3.82. The molecule has 5 atom stereocenters. The number of rotatable bonds is 14. The highest BCUT2D eigenvalue weighted by Gasteiger charge is 2.57. The smallest absolute Gasteiger partial charge is 0.200 e. The summed E-state index contributed by atoms with van der Waals surface area (Å²) < 4.78 is 10.5. The lowest BCUT2D eigenvalue weighted by Gasteiger charge is -2.45. The van der Waals surface area contributed by atoms with Gasteiger partial charge in [0.1, 0.15) is 11.6 Å². The minimum absolute atomic E-state index is 0.000106. The second-order valence-electron chi connectivity index (χ2n) is 12.3. The fourth-order valence-corrected chi connectivity index (χ4v) is 7.35. The topological polar surface area (TPSA) is 190 Å². The van der Waals surface area contributed by atoms with Crippen molar-refractivity contribution < 1.29 is 39.8 Å². The number of phenols is 3. The van der Waals surface area contributed by atoms with Gasteiger partial charge in [-0.05, 0) is 97.5 Å². The average Bonchev–Trinajstić information content (AvgIpc) is 3.70. The van der Waals surface area contributed by atoms with Crippen molar-refractivity contribution in [3.05, 3.63) is 89.4 Å². The molecule has 11 nitrogen and oxygen atoms in total. The number of ether oxygens (including phenoxy) is 2. The van der Waals surface area contributed by atoms with Gasteiger partial charge in [-0.1, -0.05) is 18.2 Å². The van der Waals surface area contributed by atoms with Gasteiger partial charge >= 0.3 is 0 Å². The minimum atomic E-state index is -1.14. The summed E-state index contributed by atoms with van der Waals surface area (Å²) in [6, 6.07) is 15.2. The molecule has 5 rings (SSSR count). The lowest BCUT2D eigenvalue weighted by molar-refractivity contribution is -0.132. The standard InChI is InChI=1S/C36H42N3O8/c1-46-31-17-21(5-8-27(31)41)6-9-28(42)34(29(43)10-7-22-16-30(44)35(45)32(18-22)47-2)36(23-12-15-39-33(37)19-23)13-11-26(40)25(36)20-24-4-3-14-38-24/h3-5,8,12,14-19,25-26,28,34,40-42,44-45H,6-7,9-11,13,20H2,1-2H3,(H2,37,39)/q-1. The van der Waals surface area contributed by atoms with Gasteiger partial charge in [0.2, 0.25) is 5.75 Å². The van der Waals surface area contributed by atoms with Crippen LogP contribution in [0.3, 0.4) is 0 Å². The number of aryl methyl sites for hydroxylation is 2. The quantitative estimate of drug-likeness (QED) is 0.109. The Morgan fingerprint density at radius 2 is 1.79 bits per heavy atom. The number of aliphatic hydroxyl groups excluding tert-OH is 2. The van der Waals surface area contributed by atoms with Crippen LogP contribution in [0.4, 0.5) is 5.82 Å². The number of hydrogen-bond acceptors (Lipinski definition) is 10. The van der Waals surface area contributed by atoms with Crippen molar-refractivity contribution >= 4 is 11.6 Å². The van der Waals surface area contributed by atoms with Gasteiger partial charge in [-0.2, -0.15) is 11.9 Å². The maximum atomic E-state index is 14.6. The van der Waals surface area contributed by atoms with Crippen LogP contribution in [0.1, 0.15) is 48.1 Å². The van der Waals surface area contributed by atoms with Crippen LogP contribution in [0, 0.1) is 11.8 Å². The van der Waals surface area contributed by atoms with Crippen molar-refractivity contribution in [2.45, 2.75) is 62.6 Å². The molecule has 1 aliphatic carbocycles. The van der Waals surface area contributed by atoms with Crippen LogP contribution in [0.2, 0.25) is 0 Å². The van der Waals surface area contributed by atoms with Gasteiger partial charge in [-0.15, -0.1) is 0 Å². The number of anilines is 1. The van der Waals surface area contributed by atoms with Gasteiger partial charge in [0.25, 0.3) is 0 Å². The third kappa shape index (κ3) is 7.01. The second-order valence-corrected chi connectivity index (χ2v) is 12.3. The molecule has 5 unspecified atom stereocenters. The molecule has 0 radical (unpaired) electrons. The molecule has 0 spiro atoms. The van der Waals surface area contributed by atoms with E-state index in [0.29, 0.717) is 42.6 Å². The van der Waals surface area contributed by atoms with E-state index in [1.54, 1.807) is 42.7 Å². The number of pyridine rings is 1. The van der Waals surface area contributed by atoms with Crippen LogP contribution in [0.15, 0.2) is 67.0 Å². The largest absolute Gasteiger partial charge is 0.668 e. The summed E-state index contributed by atoms with van der Waals surface area (Å²) >= 11 is 0. The first-order valence-electron chi connectivity index (χ1n) is 15.7. The molecule has 0 amide bonds. The Kier molecular flexibility index (Phi) is 10.3. The van der Waals surface area contributed by atoms with Crippen molar-refractivity contribution in [3.8, 4) is 28.7 Å². The molecule has 7 N–H and O–H groups in total. The highest BCUT2D eigenvalue weighted by molar-refractivity contribution is 5.84. The first-order chi connectivity index (χ1) is 22.6. The molecule has 1 aliphatic rings. The molecule has 0 aliphatic heterocycles. The van der Waals surface area contributed by atoms with E-state index >= 15 is 0 Å². The van der Waals surface area contributed by atoms with Crippen LogP contribution < -0.4 is 20.2 Å². The van der Waals surface area contributed by atoms with Crippen LogP contribution >= 0.6 is 0 Å². The van der Waals surface area contributed by atoms with E-state index in [0.717, 1.165) is 11.3 Å². The molecule has 1 saturated carbocycles. The van der Waals surface area contributed by atoms with Crippen molar-refractivity contribution in [1.29, 1.82) is 0 Å². The van der Waals surface area contributed by atoms with Gasteiger partial charge < -0.3 is 45.7 Å². The summed E-state index contributed by atoms with van der Waals surface area (Å²) in [5, 5.41) is 54.1. The maximum absolute atomic E-state index is 14.6. The average molecular weight is 645 g/mol. The number of nitrogen functional groups attached to an aromatic ring is 1. The Bertz CT molecular complexity index is 1680. The zero-order valence-corrected chi connectivity index (χ0v) is 26.5. The third-order valence-electron chi connectivity index (χ3n) is 9.60. The predicted molar refractivity (Wildman–Crippen MR) is 175 cm³/mol. The Morgan fingerprint density at radius 1 is 1.02 bits per heavy atom. The van der Waals surface area contributed by atoms with Crippen molar-refractivity contribution in [2.24, 2.45) is 11.8 Å². The number of nitrogens with zero attached hydrogens (tertiary/aromatic N) is 2. The Balaban J connectivity index is 1.56. The first-order valence-corrected chi connectivity index (χ1v) is 15.7. The Labute approximate surface area is 273 Å². The summed E-state index contributed by atoms with van der Waals surface area (Å²) in [5.74, 6) is -1.77. The van der Waals surface area contributed by atoms with Gasteiger partial charge in [-0.3, -0.25) is 4.79 Å². The van der Waals surface area contributed by atoms with Crippen LogP contribution in [-0.2, 0) is 29.5 Å². The maximum Gasteiger partial charge on any atom is 0.200 e. The molecule has 1 fully saturated rings. The van der Waals surface area contributed by atoms with Crippen LogP contribution in [0.25, 0.3) is 0 Å². The van der Waals surface area contributed by atoms with Crippen molar-refractivity contribution in [3.63, 3.8) is 0 Å². The molecule has 2 aromatic carbocycles. The number of benzene rings is 2. The van der Waals surface area contributed by atoms with Crippen molar-refractivity contribution in [2.75, 3.05) is 20.0 Å². The molecular formula is C36H42N3O8-. The van der Waals surface area contributed by atoms with Gasteiger partial charge in [0.05, 0.1) is 32.3 Å². The molecule has 2 heterocycles. The summed E-state index contributed by atoms with van der Waals surface area (Å²) in [6.07, 6.45) is 3.35. The number of hydrogen-bond donors (Lipinski definition) is 6. The Morgan fingerprint density at radius 3 is 2.49 bits per heavy atom. The lowest BCUT2D eigenvalue weighted by Crippen LogP contribution is -2.51. The number of aliphatic hydroxyl groups is 2. The Hall–Kier alpha value is -4.74. The fourth-order valence-electron chi connectivity index (χ4n) is 7.35. The van der Waals surface area contributed by atoms with E-state index < -0.39 is 29.5 Å². The summed E-state index contributed by atoms with van der Waals surface area (Å²) in [6.45, 7) is 0. The number of Topliss-reactive ketones (excluding diaryl/α,β-unsaturated/α-hetero) is 1. The van der Waals surface area contributed by atoms with Gasteiger partial charge in [0, 0.05) is 18.0 Å². The zero-order valence-electron chi connectivity index (χ0n) is 26.5. The summed E-state index contributed by atoms with van der Waals surface area (Å²) in [4.78, 5) is 23.3. The van der Waals surface area contributed by atoms with E-state index in [1.165, 1.54) is 26.4 Å². The number of nitrogens with two attached hydrogens (primary N) is 1. The number of methoxy groups -OCH3 is 2. The molecular weight excluding hydrogens is 602 g/mol. The zero-order chi connectivity index (χ0) is 33.7. The van der Waals surface area contributed by atoms with Gasteiger partial charge in [0.15, 0.2) is 23.0 Å². The lowest BCUT2D eigenvalue weighted by atomic mass is 9.58. The van der Waals surface area contributed by atoms with E-state index in [9.17, 15) is 30.3 Å². The third-order valence-corrected chi connectivity index (χ3v) is 9.60. The minimum Gasteiger partial charge on any atom is -0.668 e. The van der Waals surface area contributed by atoms with Gasteiger partial charge in [-0.25, -0.2) is 4.98 Å². The highest BCUT2D eigenvalue weighted by atomic mass is 16.5. The fraction of sp³-hybridized carbons (Fsp3) is 0.389. The summed E-state index contributed by atoms with van der Waals surface area (Å²) in [7, 11) is 2.83. The van der Waals surface area contributed by atoms with E-state index in [2.05, 4.69) is 9.97 Å². The molecule has 47 heavy (non-hydrogen) atoms. The number of aromatic hydroxyl groups is 3. The normalized spacial score (nSPS) is 20.5. The number of ketones is 1. The second kappa shape index (κ2) is 14.4. The molecule has 11 heteroatoms. The first kappa shape index (κ1) is 33.6. The molecule has 4 aromatic rings. The van der Waals surface area contributed by atoms with E-state index in [1.807, 2.05) is 12.1 Å². The van der Waals surface area contributed by atoms with E-state index in [4.69, 9.17) is 15.2 Å². The van der Waals surface area contributed by atoms with Crippen molar-refractivity contribution in [1.82, 2.24) is 9.97 Å². The monoisotopic (exact) mass is 644 g/mol. The molecule has 0 saturated heterocycles. The molecule has 2 aromatic heterocycles. The number of carbonyl (C=O) groups is 1. The summed E-state index contributed by atoms with van der Waals surface area (Å²) in [5.41, 5.74) is 8.04.